The molecule has 4 aromatic rings. The van der Waals surface area contributed by atoms with Crippen molar-refractivity contribution in [1.82, 2.24) is 14.5 Å². The number of ether oxygens (including phenoxy) is 2. The molecule has 3 heterocycles. The normalized spacial score (nSPS) is 16.1. The molecule has 1 aliphatic heterocycles. The topological polar surface area (TPSA) is 88.3 Å². The van der Waals surface area contributed by atoms with Gasteiger partial charge in [-0.3, -0.25) is 4.79 Å². The highest BCUT2D eigenvalue weighted by Gasteiger charge is 2.36. The number of aromatic nitrogens is 2. The lowest BCUT2D eigenvalue weighted by atomic mass is 10.0. The number of hydrogen-bond donors (Lipinski definition) is 2. The fourth-order valence-electron chi connectivity index (χ4n) is 4.78. The van der Waals surface area contributed by atoms with Gasteiger partial charge in [0.15, 0.2) is 6.04 Å². The van der Waals surface area contributed by atoms with Gasteiger partial charge in [-0.05, 0) is 48.7 Å². The predicted molar refractivity (Wildman–Crippen MR) is 137 cm³/mol. The molecular weight excluding hydrogens is 475 g/mol. The van der Waals surface area contributed by atoms with E-state index in [1.165, 1.54) is 12.1 Å². The van der Waals surface area contributed by atoms with Crippen molar-refractivity contribution in [2.24, 2.45) is 0 Å². The Morgan fingerprint density at radius 3 is 2.73 bits per heavy atom. The predicted octanol–water partition coefficient (Wildman–Crippen LogP) is 4.37. The Labute approximate surface area is 214 Å². The number of anilines is 1. The summed E-state index contributed by atoms with van der Waals surface area (Å²) in [6.45, 7) is 0.603. The summed E-state index contributed by atoms with van der Waals surface area (Å²) in [6, 6.07) is 18.3. The number of carbonyl (C=O) groups is 1. The third-order valence-electron chi connectivity index (χ3n) is 6.51. The zero-order chi connectivity index (χ0) is 25.8. The van der Waals surface area contributed by atoms with Gasteiger partial charge in [-0.25, -0.2) is 8.91 Å². The van der Waals surface area contributed by atoms with Gasteiger partial charge in [0.05, 0.1) is 31.0 Å². The van der Waals surface area contributed by atoms with Crippen molar-refractivity contribution in [2.45, 2.75) is 24.9 Å². The van der Waals surface area contributed by atoms with Crippen LogP contribution in [0.4, 0.5) is 10.1 Å². The molecular formula is C28H29FN4O4. The van der Waals surface area contributed by atoms with E-state index in [-0.39, 0.29) is 31.0 Å². The zero-order valence-electron chi connectivity index (χ0n) is 20.5. The Morgan fingerprint density at radius 1 is 1.16 bits per heavy atom. The molecule has 9 heteroatoms. The molecule has 0 aliphatic carbocycles. The first-order valence-corrected chi connectivity index (χ1v) is 12.3. The van der Waals surface area contributed by atoms with Crippen LogP contribution in [0.2, 0.25) is 0 Å². The molecule has 0 saturated carbocycles. The van der Waals surface area contributed by atoms with E-state index in [1.807, 2.05) is 35.4 Å². The summed E-state index contributed by atoms with van der Waals surface area (Å²) in [4.78, 5) is 16.0. The van der Waals surface area contributed by atoms with Crippen molar-refractivity contribution in [3.63, 3.8) is 0 Å². The number of rotatable bonds is 9. The van der Waals surface area contributed by atoms with Crippen LogP contribution in [0.1, 0.15) is 36.2 Å². The molecule has 2 unspecified atom stereocenters. The fraction of sp³-hybridized carbons (Fsp3) is 0.286. The van der Waals surface area contributed by atoms with Crippen LogP contribution < -0.4 is 14.8 Å². The van der Waals surface area contributed by atoms with Gasteiger partial charge in [0.25, 0.3) is 5.91 Å². The number of methoxy groups -OCH3 is 1. The number of benzene rings is 2. The molecule has 0 spiro atoms. The highest BCUT2D eigenvalue weighted by Crippen LogP contribution is 2.36. The molecule has 1 aliphatic rings. The van der Waals surface area contributed by atoms with E-state index < -0.39 is 6.04 Å². The zero-order valence-corrected chi connectivity index (χ0v) is 20.5. The van der Waals surface area contributed by atoms with E-state index in [4.69, 9.17) is 14.6 Å². The van der Waals surface area contributed by atoms with Crippen molar-refractivity contribution in [2.75, 3.05) is 32.2 Å². The fourth-order valence-corrected chi connectivity index (χ4v) is 4.78. The van der Waals surface area contributed by atoms with E-state index >= 15 is 0 Å². The maximum Gasteiger partial charge on any atom is 0.251 e. The number of pyridine rings is 1. The van der Waals surface area contributed by atoms with Crippen LogP contribution in [0.25, 0.3) is 5.52 Å². The number of amides is 1. The molecule has 8 nitrogen and oxygen atoms in total. The van der Waals surface area contributed by atoms with E-state index in [0.717, 1.165) is 23.9 Å². The Hall–Kier alpha value is -4.11. The summed E-state index contributed by atoms with van der Waals surface area (Å²) >= 11 is 0. The number of aliphatic hydroxyl groups excluding tert-OH is 1. The van der Waals surface area contributed by atoms with Crippen LogP contribution in [0.3, 0.4) is 0 Å². The first kappa shape index (κ1) is 24.6. The van der Waals surface area contributed by atoms with Crippen LogP contribution in [0.5, 0.6) is 11.5 Å². The molecule has 2 aromatic carbocycles. The van der Waals surface area contributed by atoms with Crippen molar-refractivity contribution < 1.29 is 23.8 Å². The second kappa shape index (κ2) is 10.9. The number of carbonyl (C=O) groups excluding carboxylic acids is 1. The molecule has 37 heavy (non-hydrogen) atoms. The summed E-state index contributed by atoms with van der Waals surface area (Å²) in [5.74, 6) is 0.615. The lowest BCUT2D eigenvalue weighted by Crippen LogP contribution is -2.38. The van der Waals surface area contributed by atoms with Gasteiger partial charge >= 0.3 is 0 Å². The molecule has 5 rings (SSSR count). The first-order valence-electron chi connectivity index (χ1n) is 12.3. The number of aliphatic hydroxyl groups is 1. The smallest absolute Gasteiger partial charge is 0.251 e. The van der Waals surface area contributed by atoms with Gasteiger partial charge in [0, 0.05) is 36.6 Å². The average Bonchev–Trinajstić information content (AvgIpc) is 3.58. The van der Waals surface area contributed by atoms with Gasteiger partial charge in [-0.15, -0.1) is 0 Å². The van der Waals surface area contributed by atoms with E-state index in [1.54, 1.807) is 42.0 Å². The quantitative estimate of drug-likeness (QED) is 0.352. The molecule has 1 saturated heterocycles. The highest BCUT2D eigenvalue weighted by molar-refractivity contribution is 5.87. The second-order valence-corrected chi connectivity index (χ2v) is 8.93. The summed E-state index contributed by atoms with van der Waals surface area (Å²) in [5, 5.41) is 17.2. The SMILES string of the molecule is COc1cc(NC(C(=O)N2CCCC2c2ccc(F)cc2)c2cc3ccccn3n2)cc(OCCO)c1. The van der Waals surface area contributed by atoms with Crippen LogP contribution >= 0.6 is 0 Å². The molecule has 192 valence electrons. The molecule has 1 amide bonds. The van der Waals surface area contributed by atoms with E-state index in [9.17, 15) is 9.18 Å². The number of fused-ring (bicyclic) bond motifs is 1. The number of likely N-dealkylation sites (tertiary alicyclic amines) is 1. The number of halogens is 1. The number of hydrogen-bond acceptors (Lipinski definition) is 6. The molecule has 2 atom stereocenters. The van der Waals surface area contributed by atoms with Crippen molar-refractivity contribution in [1.29, 1.82) is 0 Å². The van der Waals surface area contributed by atoms with Gasteiger partial charge in [-0.1, -0.05) is 18.2 Å². The lowest BCUT2D eigenvalue weighted by Gasteiger charge is -2.29. The van der Waals surface area contributed by atoms with Crippen LogP contribution in [-0.4, -0.2) is 52.4 Å². The number of nitrogens with zero attached hydrogens (tertiary/aromatic N) is 3. The minimum absolute atomic E-state index is 0.123. The Bertz CT molecular complexity index is 1340. The van der Waals surface area contributed by atoms with Crippen molar-refractivity contribution in [3.05, 3.63) is 90.0 Å². The molecule has 2 aromatic heterocycles. The Morgan fingerprint density at radius 2 is 1.97 bits per heavy atom. The van der Waals surface area contributed by atoms with Crippen LogP contribution in [0.15, 0.2) is 72.9 Å². The summed E-state index contributed by atoms with van der Waals surface area (Å²) in [7, 11) is 1.55. The number of nitrogens with one attached hydrogen (secondary N) is 1. The first-order chi connectivity index (χ1) is 18.1. The largest absolute Gasteiger partial charge is 0.497 e. The van der Waals surface area contributed by atoms with Gasteiger partial charge in [-0.2, -0.15) is 5.10 Å². The van der Waals surface area contributed by atoms with Gasteiger partial charge < -0.3 is 24.8 Å². The van der Waals surface area contributed by atoms with Crippen LogP contribution in [0, 0.1) is 5.82 Å². The Kier molecular flexibility index (Phi) is 7.23. The van der Waals surface area contributed by atoms with Crippen LogP contribution in [-0.2, 0) is 4.79 Å². The average molecular weight is 505 g/mol. The minimum atomic E-state index is -0.793. The second-order valence-electron chi connectivity index (χ2n) is 8.93. The van der Waals surface area contributed by atoms with E-state index in [2.05, 4.69) is 10.4 Å². The van der Waals surface area contributed by atoms with Crippen molar-refractivity contribution >= 4 is 17.1 Å². The standard InChI is InChI=1S/C28H29FN4O4/c1-36-23-15-21(16-24(18-23)37-14-13-34)30-27(25-17-22-5-2-3-12-33(22)31-25)28(35)32-11-4-6-26(32)19-7-9-20(29)10-8-19/h2-3,5,7-10,12,15-18,26-27,30,34H,4,6,11,13-14H2,1H3. The summed E-state index contributed by atoms with van der Waals surface area (Å²) in [6.07, 6.45) is 3.49. The molecule has 0 radical (unpaired) electrons. The monoisotopic (exact) mass is 504 g/mol. The summed E-state index contributed by atoms with van der Waals surface area (Å²) in [5.41, 5.74) is 2.95. The maximum atomic E-state index is 14.1. The van der Waals surface area contributed by atoms with Crippen molar-refractivity contribution in [3.8, 4) is 11.5 Å². The highest BCUT2D eigenvalue weighted by atomic mass is 19.1. The summed E-state index contributed by atoms with van der Waals surface area (Å²) < 4.78 is 26.3. The third kappa shape index (κ3) is 5.36. The maximum absolute atomic E-state index is 14.1. The van der Waals surface area contributed by atoms with E-state index in [0.29, 0.717) is 29.4 Å². The molecule has 1 fully saturated rings. The minimum Gasteiger partial charge on any atom is -0.497 e. The third-order valence-corrected chi connectivity index (χ3v) is 6.51. The molecule has 0 bridgehead atoms. The van der Waals surface area contributed by atoms with Gasteiger partial charge in [0.2, 0.25) is 0 Å². The Balaban J connectivity index is 1.51. The lowest BCUT2D eigenvalue weighted by molar-refractivity contribution is -0.133. The van der Waals surface area contributed by atoms with Gasteiger partial charge in [0.1, 0.15) is 23.9 Å². The molecule has 2 N–H and O–H groups in total.